The molecule has 2 aromatic heterocycles. The lowest BCUT2D eigenvalue weighted by molar-refractivity contribution is 0.0587. The van der Waals surface area contributed by atoms with Gasteiger partial charge in [0, 0.05) is 11.8 Å². The van der Waals surface area contributed by atoms with E-state index in [4.69, 9.17) is 9.84 Å². The van der Waals surface area contributed by atoms with Crippen molar-refractivity contribution in [3.05, 3.63) is 77.2 Å². The summed E-state index contributed by atoms with van der Waals surface area (Å²) < 4.78 is 33.8. The zero-order valence-electron chi connectivity index (χ0n) is 16.0. The van der Waals surface area contributed by atoms with Gasteiger partial charge in [-0.3, -0.25) is 0 Å². The number of carbonyl (C=O) groups is 1. The largest absolute Gasteiger partial charge is 0.463 e. The molecule has 30 heavy (non-hydrogen) atoms. The second-order valence-corrected chi connectivity index (χ2v) is 7.12. The second-order valence-electron chi connectivity index (χ2n) is 7.12. The first kappa shape index (κ1) is 18.4. The lowest BCUT2D eigenvalue weighted by atomic mass is 10.1. The second kappa shape index (κ2) is 6.98. The zero-order valence-corrected chi connectivity index (χ0v) is 16.0. The van der Waals surface area contributed by atoms with Crippen LogP contribution in [0.5, 0.6) is 0 Å². The Kier molecular flexibility index (Phi) is 4.27. The number of benzene rings is 2. The average Bonchev–Trinajstić information content (AvgIpc) is 3.34. The van der Waals surface area contributed by atoms with Crippen LogP contribution in [0.1, 0.15) is 34.2 Å². The number of carbonyl (C=O) groups excluding carboxylic acids is 1. The van der Waals surface area contributed by atoms with Crippen LogP contribution < -0.4 is 0 Å². The SMILES string of the molecule is COC(=O)c1ncc2c(-c3ccc(F)cc3)nn(C3CCc4ccc(F)cc43)c2n1. The third-order valence-corrected chi connectivity index (χ3v) is 5.38. The topological polar surface area (TPSA) is 69.9 Å². The average molecular weight is 406 g/mol. The highest BCUT2D eigenvalue weighted by Crippen LogP contribution is 2.38. The molecular formula is C22H16F2N4O2. The lowest BCUT2D eigenvalue weighted by Crippen LogP contribution is -2.12. The van der Waals surface area contributed by atoms with Crippen LogP contribution >= 0.6 is 0 Å². The Morgan fingerprint density at radius 1 is 1.13 bits per heavy atom. The minimum absolute atomic E-state index is 0.0886. The van der Waals surface area contributed by atoms with Crippen LogP contribution in [-0.4, -0.2) is 32.8 Å². The molecule has 6 nitrogen and oxygen atoms in total. The van der Waals surface area contributed by atoms with Gasteiger partial charge in [0.25, 0.3) is 0 Å². The van der Waals surface area contributed by atoms with E-state index in [-0.39, 0.29) is 23.5 Å². The quantitative estimate of drug-likeness (QED) is 0.479. The minimum Gasteiger partial charge on any atom is -0.463 e. The van der Waals surface area contributed by atoms with Gasteiger partial charge in [0.15, 0.2) is 5.65 Å². The van der Waals surface area contributed by atoms with E-state index in [9.17, 15) is 13.6 Å². The van der Waals surface area contributed by atoms with Crippen molar-refractivity contribution in [2.24, 2.45) is 0 Å². The van der Waals surface area contributed by atoms with Crippen LogP contribution in [0, 0.1) is 11.6 Å². The Labute approximate surface area is 170 Å². The summed E-state index contributed by atoms with van der Waals surface area (Å²) in [5.41, 5.74) is 3.57. The van der Waals surface area contributed by atoms with Crippen molar-refractivity contribution in [1.82, 2.24) is 19.7 Å². The van der Waals surface area contributed by atoms with E-state index in [2.05, 4.69) is 9.97 Å². The van der Waals surface area contributed by atoms with E-state index < -0.39 is 5.97 Å². The van der Waals surface area contributed by atoms with Crippen molar-refractivity contribution in [3.8, 4) is 11.3 Å². The molecule has 0 saturated carbocycles. The first-order valence-corrected chi connectivity index (χ1v) is 9.43. The van der Waals surface area contributed by atoms with E-state index in [0.29, 0.717) is 22.3 Å². The van der Waals surface area contributed by atoms with Gasteiger partial charge in [-0.25, -0.2) is 28.2 Å². The highest BCUT2D eigenvalue weighted by Gasteiger charge is 2.29. The molecule has 0 spiro atoms. The number of halogens is 2. The first-order valence-electron chi connectivity index (χ1n) is 9.43. The normalized spacial score (nSPS) is 15.4. The van der Waals surface area contributed by atoms with E-state index >= 15 is 0 Å². The van der Waals surface area contributed by atoms with Gasteiger partial charge in [-0.1, -0.05) is 6.07 Å². The number of methoxy groups -OCH3 is 1. The van der Waals surface area contributed by atoms with Gasteiger partial charge in [0.1, 0.15) is 17.3 Å². The fourth-order valence-corrected chi connectivity index (χ4v) is 3.96. The summed E-state index contributed by atoms with van der Waals surface area (Å²) in [6, 6.07) is 10.5. The Hall–Kier alpha value is -3.68. The summed E-state index contributed by atoms with van der Waals surface area (Å²) in [7, 11) is 1.26. The molecular weight excluding hydrogens is 390 g/mol. The maximum absolute atomic E-state index is 13.9. The molecule has 1 unspecified atom stereocenters. The van der Waals surface area contributed by atoms with Crippen LogP contribution in [0.25, 0.3) is 22.3 Å². The molecule has 0 saturated heterocycles. The molecule has 0 fully saturated rings. The molecule has 0 bridgehead atoms. The third kappa shape index (κ3) is 2.92. The minimum atomic E-state index is -0.661. The van der Waals surface area contributed by atoms with Crippen molar-refractivity contribution < 1.29 is 18.3 Å². The molecule has 2 heterocycles. The van der Waals surface area contributed by atoms with Crippen molar-refractivity contribution in [2.75, 3.05) is 7.11 Å². The molecule has 8 heteroatoms. The van der Waals surface area contributed by atoms with Crippen molar-refractivity contribution in [1.29, 1.82) is 0 Å². The Morgan fingerprint density at radius 3 is 2.67 bits per heavy atom. The highest BCUT2D eigenvalue weighted by molar-refractivity contribution is 5.93. The van der Waals surface area contributed by atoms with Gasteiger partial charge in [0.05, 0.1) is 18.5 Å². The predicted octanol–water partition coefficient (Wildman–Crippen LogP) is 4.09. The number of nitrogens with zero attached hydrogens (tertiary/aromatic N) is 4. The fourth-order valence-electron chi connectivity index (χ4n) is 3.96. The maximum Gasteiger partial charge on any atom is 0.376 e. The van der Waals surface area contributed by atoms with Gasteiger partial charge in [-0.2, -0.15) is 5.10 Å². The number of fused-ring (bicyclic) bond motifs is 2. The Bertz CT molecular complexity index is 1280. The van der Waals surface area contributed by atoms with E-state index in [1.54, 1.807) is 22.9 Å². The summed E-state index contributed by atoms with van der Waals surface area (Å²) in [4.78, 5) is 20.5. The Balaban J connectivity index is 1.74. The highest BCUT2D eigenvalue weighted by atomic mass is 19.1. The van der Waals surface area contributed by atoms with Gasteiger partial charge >= 0.3 is 5.97 Å². The van der Waals surface area contributed by atoms with Crippen LogP contribution in [0.15, 0.2) is 48.7 Å². The van der Waals surface area contributed by atoms with E-state index in [0.717, 1.165) is 24.0 Å². The number of aromatic nitrogens is 4. The van der Waals surface area contributed by atoms with Crippen LogP contribution in [-0.2, 0) is 11.2 Å². The van der Waals surface area contributed by atoms with Gasteiger partial charge < -0.3 is 4.74 Å². The molecule has 0 amide bonds. The third-order valence-electron chi connectivity index (χ3n) is 5.38. The number of rotatable bonds is 3. The molecule has 0 aliphatic heterocycles. The molecule has 5 rings (SSSR count). The molecule has 1 atom stereocenters. The van der Waals surface area contributed by atoms with Crippen LogP contribution in [0.3, 0.4) is 0 Å². The Morgan fingerprint density at radius 2 is 1.90 bits per heavy atom. The number of aryl methyl sites for hydroxylation is 1. The monoisotopic (exact) mass is 406 g/mol. The predicted molar refractivity (Wildman–Crippen MR) is 105 cm³/mol. The van der Waals surface area contributed by atoms with E-state index in [1.165, 1.54) is 37.6 Å². The summed E-state index contributed by atoms with van der Waals surface area (Å²) in [6.45, 7) is 0. The molecule has 0 radical (unpaired) electrons. The van der Waals surface area contributed by atoms with Crippen LogP contribution in [0.2, 0.25) is 0 Å². The zero-order chi connectivity index (χ0) is 20.8. The molecule has 2 aromatic carbocycles. The number of esters is 1. The van der Waals surface area contributed by atoms with Gasteiger partial charge in [-0.05, 0) is 60.4 Å². The fraction of sp³-hybridized carbons (Fsp3) is 0.182. The lowest BCUT2D eigenvalue weighted by Gasteiger charge is -2.13. The standard InChI is InChI=1S/C22H16F2N4O2/c1-30-22(29)20-25-11-17-19(13-3-6-14(23)7-4-13)27-28(21(17)26-20)18-9-5-12-2-8-15(24)10-16(12)18/h2-4,6-8,10-11,18H,5,9H2,1H3. The number of hydrogen-bond donors (Lipinski definition) is 0. The summed E-state index contributed by atoms with van der Waals surface area (Å²) in [5, 5.41) is 5.35. The van der Waals surface area contributed by atoms with Crippen molar-refractivity contribution in [2.45, 2.75) is 18.9 Å². The van der Waals surface area contributed by atoms with Crippen LogP contribution in [0.4, 0.5) is 8.78 Å². The van der Waals surface area contributed by atoms with Crippen molar-refractivity contribution in [3.63, 3.8) is 0 Å². The van der Waals surface area contributed by atoms with Gasteiger partial charge in [0.2, 0.25) is 5.82 Å². The molecule has 1 aliphatic carbocycles. The molecule has 150 valence electrons. The maximum atomic E-state index is 13.9. The summed E-state index contributed by atoms with van der Waals surface area (Å²) >= 11 is 0. The summed E-state index contributed by atoms with van der Waals surface area (Å²) in [6.07, 6.45) is 3.01. The summed E-state index contributed by atoms with van der Waals surface area (Å²) in [5.74, 6) is -1.42. The number of hydrogen-bond acceptors (Lipinski definition) is 5. The van der Waals surface area contributed by atoms with E-state index in [1.807, 2.05) is 0 Å². The van der Waals surface area contributed by atoms with Gasteiger partial charge in [-0.15, -0.1) is 0 Å². The molecule has 0 N–H and O–H groups in total. The first-order chi connectivity index (χ1) is 14.5. The number of ether oxygens (including phenoxy) is 1. The molecule has 1 aliphatic rings. The molecule has 4 aromatic rings. The smallest absolute Gasteiger partial charge is 0.376 e. The van der Waals surface area contributed by atoms with Crippen molar-refractivity contribution >= 4 is 17.0 Å².